The summed E-state index contributed by atoms with van der Waals surface area (Å²) in [6.45, 7) is 11.8. The molecule has 0 aliphatic rings. The van der Waals surface area contributed by atoms with Gasteiger partial charge in [0.2, 0.25) is 0 Å². The van der Waals surface area contributed by atoms with Crippen LogP contribution in [0.3, 0.4) is 0 Å². The van der Waals surface area contributed by atoms with Gasteiger partial charge in [-0.1, -0.05) is 69.9 Å². The van der Waals surface area contributed by atoms with Gasteiger partial charge in [-0.05, 0) is 64.7 Å². The molecule has 0 unspecified atom stereocenters. The standard InChI is InChI=1S/C23H41O2/c1-23(2,3)21-19-17-15-13-11-9-7-5-4-6-8-10-12-14-16-18-20-22(24)25/h4,6H,1-3,5,7-21H2,(H,24,25)/b6-4-. The summed E-state index contributed by atoms with van der Waals surface area (Å²) < 4.78 is 0. The maximum absolute atomic E-state index is 10.4. The van der Waals surface area contributed by atoms with Gasteiger partial charge in [0, 0.05) is 6.42 Å². The fourth-order valence-corrected chi connectivity index (χ4v) is 2.95. The summed E-state index contributed by atoms with van der Waals surface area (Å²) in [6, 6.07) is 0. The fourth-order valence-electron chi connectivity index (χ4n) is 2.95. The Kier molecular flexibility index (Phi) is 16.1. The number of rotatable bonds is 18. The van der Waals surface area contributed by atoms with E-state index in [-0.39, 0.29) is 5.41 Å². The first-order valence-corrected chi connectivity index (χ1v) is 10.3. The van der Waals surface area contributed by atoms with Gasteiger partial charge in [-0.2, -0.15) is 0 Å². The van der Waals surface area contributed by atoms with Crippen molar-refractivity contribution in [2.24, 2.45) is 5.41 Å². The Morgan fingerprint density at radius 1 is 0.680 bits per heavy atom. The molecule has 0 atom stereocenters. The summed E-state index contributed by atoms with van der Waals surface area (Å²) in [4.78, 5) is 10.4. The van der Waals surface area contributed by atoms with Crippen molar-refractivity contribution in [2.75, 3.05) is 0 Å². The zero-order chi connectivity index (χ0) is 18.8. The largest absolute Gasteiger partial charge is 0.481 e. The van der Waals surface area contributed by atoms with Gasteiger partial charge in [0.05, 0.1) is 0 Å². The normalized spacial score (nSPS) is 12.1. The summed E-state index contributed by atoms with van der Waals surface area (Å²) in [5.41, 5.74) is -0.243. The topological polar surface area (TPSA) is 37.3 Å². The lowest BCUT2D eigenvalue weighted by molar-refractivity contribution is -0.137. The second kappa shape index (κ2) is 16.7. The predicted molar refractivity (Wildman–Crippen MR) is 109 cm³/mol. The molecule has 0 amide bonds. The van der Waals surface area contributed by atoms with Crippen LogP contribution in [0, 0.1) is 26.2 Å². The van der Waals surface area contributed by atoms with Crippen LogP contribution < -0.4 is 0 Å². The van der Waals surface area contributed by atoms with Gasteiger partial charge in [0.1, 0.15) is 0 Å². The van der Waals surface area contributed by atoms with Crippen LogP contribution in [0.15, 0.2) is 12.2 Å². The van der Waals surface area contributed by atoms with Gasteiger partial charge in [-0.15, -0.1) is 0 Å². The molecule has 0 heterocycles. The molecule has 0 spiro atoms. The second-order valence-corrected chi connectivity index (χ2v) is 7.69. The van der Waals surface area contributed by atoms with E-state index in [1.54, 1.807) is 0 Å². The first-order chi connectivity index (χ1) is 11.9. The average Bonchev–Trinajstić information content (AvgIpc) is 2.52. The number of allylic oxidation sites excluding steroid dienone is 2. The van der Waals surface area contributed by atoms with E-state index in [0.717, 1.165) is 19.3 Å². The Morgan fingerprint density at radius 3 is 1.52 bits per heavy atom. The molecule has 0 aromatic heterocycles. The number of carbonyl (C=O) groups is 1. The highest BCUT2D eigenvalue weighted by molar-refractivity contribution is 5.66. The monoisotopic (exact) mass is 349 g/mol. The van der Waals surface area contributed by atoms with Gasteiger partial charge in [0.25, 0.3) is 0 Å². The van der Waals surface area contributed by atoms with Gasteiger partial charge in [-0.25, -0.2) is 0 Å². The minimum Gasteiger partial charge on any atom is -0.481 e. The van der Waals surface area contributed by atoms with Crippen LogP contribution in [0.1, 0.15) is 103 Å². The van der Waals surface area contributed by atoms with E-state index < -0.39 is 5.97 Å². The molecule has 0 rings (SSSR count). The summed E-state index contributed by atoms with van der Waals surface area (Å²) in [7, 11) is 0. The van der Waals surface area contributed by atoms with Crippen LogP contribution >= 0.6 is 0 Å². The molecular weight excluding hydrogens is 308 g/mol. The van der Waals surface area contributed by atoms with E-state index in [0.29, 0.717) is 6.42 Å². The summed E-state index contributed by atoms with van der Waals surface area (Å²) in [5, 5.41) is 8.55. The molecule has 0 aliphatic heterocycles. The SMILES string of the molecule is [CH2]C([CH2])([CH2])CCCCCCCCC/C=C\CCCCCCCC(=O)O. The summed E-state index contributed by atoms with van der Waals surface area (Å²) in [5.74, 6) is -0.670. The number of unbranched alkanes of at least 4 members (excludes halogenated alkanes) is 12. The highest BCUT2D eigenvalue weighted by atomic mass is 16.4. The first-order valence-electron chi connectivity index (χ1n) is 10.3. The highest BCUT2D eigenvalue weighted by Crippen LogP contribution is 2.21. The molecule has 0 saturated carbocycles. The third-order valence-electron chi connectivity index (χ3n) is 4.51. The van der Waals surface area contributed by atoms with Crippen molar-refractivity contribution < 1.29 is 9.90 Å². The zero-order valence-corrected chi connectivity index (χ0v) is 16.4. The molecule has 2 heteroatoms. The number of hydrogen-bond acceptors (Lipinski definition) is 1. The molecular formula is C23H41O2. The van der Waals surface area contributed by atoms with Crippen molar-refractivity contribution >= 4 is 5.97 Å². The van der Waals surface area contributed by atoms with Crippen molar-refractivity contribution in [1.29, 1.82) is 0 Å². The minimum absolute atomic E-state index is 0.243. The molecule has 0 aliphatic carbocycles. The van der Waals surface area contributed by atoms with E-state index in [1.807, 2.05) is 0 Å². The third kappa shape index (κ3) is 23.2. The van der Waals surface area contributed by atoms with Crippen LogP contribution in [0.2, 0.25) is 0 Å². The van der Waals surface area contributed by atoms with Crippen LogP contribution in [0.5, 0.6) is 0 Å². The number of aliphatic carboxylic acids is 1. The lowest BCUT2D eigenvalue weighted by Gasteiger charge is -2.16. The maximum atomic E-state index is 10.4. The van der Waals surface area contributed by atoms with Gasteiger partial charge in [-0.3, -0.25) is 4.79 Å². The minimum atomic E-state index is -0.670. The summed E-state index contributed by atoms with van der Waals surface area (Å²) in [6.07, 6.45) is 23.1. The number of carboxylic acid groups (broad SMARTS) is 1. The maximum Gasteiger partial charge on any atom is 0.303 e. The van der Waals surface area contributed by atoms with Crippen LogP contribution in [-0.2, 0) is 4.79 Å². The Balaban J connectivity index is 3.14. The first kappa shape index (κ1) is 24.2. The van der Waals surface area contributed by atoms with E-state index in [2.05, 4.69) is 32.9 Å². The van der Waals surface area contributed by atoms with E-state index in [9.17, 15) is 4.79 Å². The predicted octanol–water partition coefficient (Wildman–Crippen LogP) is 7.36. The second-order valence-electron chi connectivity index (χ2n) is 7.69. The molecule has 2 nitrogen and oxygen atoms in total. The molecule has 25 heavy (non-hydrogen) atoms. The van der Waals surface area contributed by atoms with E-state index in [1.165, 1.54) is 77.0 Å². The average molecular weight is 350 g/mol. The zero-order valence-electron chi connectivity index (χ0n) is 16.4. The molecule has 0 aromatic carbocycles. The van der Waals surface area contributed by atoms with Crippen molar-refractivity contribution in [3.63, 3.8) is 0 Å². The molecule has 3 radical (unpaired) electrons. The van der Waals surface area contributed by atoms with Crippen LogP contribution in [0.25, 0.3) is 0 Å². The van der Waals surface area contributed by atoms with Crippen molar-refractivity contribution in [1.82, 2.24) is 0 Å². The Morgan fingerprint density at radius 2 is 1.08 bits per heavy atom. The Hall–Kier alpha value is -0.790. The molecule has 0 bridgehead atoms. The van der Waals surface area contributed by atoms with E-state index >= 15 is 0 Å². The van der Waals surface area contributed by atoms with Crippen molar-refractivity contribution in [2.45, 2.75) is 103 Å². The van der Waals surface area contributed by atoms with E-state index in [4.69, 9.17) is 5.11 Å². The lowest BCUT2D eigenvalue weighted by Crippen LogP contribution is -2.05. The smallest absolute Gasteiger partial charge is 0.303 e. The highest BCUT2D eigenvalue weighted by Gasteiger charge is 2.09. The Labute approximate surface area is 157 Å². The number of hydrogen-bond donors (Lipinski definition) is 1. The van der Waals surface area contributed by atoms with Gasteiger partial charge in [0.15, 0.2) is 0 Å². The molecule has 1 N–H and O–H groups in total. The number of carboxylic acids is 1. The van der Waals surface area contributed by atoms with Gasteiger partial charge < -0.3 is 5.11 Å². The molecule has 145 valence electrons. The third-order valence-corrected chi connectivity index (χ3v) is 4.51. The van der Waals surface area contributed by atoms with Gasteiger partial charge >= 0.3 is 5.97 Å². The van der Waals surface area contributed by atoms with Crippen molar-refractivity contribution in [3.05, 3.63) is 32.9 Å². The summed E-state index contributed by atoms with van der Waals surface area (Å²) >= 11 is 0. The molecule has 0 aromatic rings. The lowest BCUT2D eigenvalue weighted by atomic mass is 9.89. The van der Waals surface area contributed by atoms with Crippen molar-refractivity contribution in [3.8, 4) is 0 Å². The quantitative estimate of drug-likeness (QED) is 0.207. The van der Waals surface area contributed by atoms with Crippen LogP contribution in [0.4, 0.5) is 0 Å². The molecule has 0 saturated heterocycles. The fraction of sp³-hybridized carbons (Fsp3) is 0.739. The Bertz CT molecular complexity index is 325. The molecule has 0 fully saturated rings. The van der Waals surface area contributed by atoms with Crippen LogP contribution in [-0.4, -0.2) is 11.1 Å².